The monoisotopic (exact) mass is 302 g/mol. The molecule has 0 bridgehead atoms. The highest BCUT2D eigenvalue weighted by Gasteiger charge is 2.29. The average Bonchev–Trinajstić information content (AvgIpc) is 2.82. The summed E-state index contributed by atoms with van der Waals surface area (Å²) in [5.41, 5.74) is 1.93. The second kappa shape index (κ2) is 6.46. The lowest BCUT2D eigenvalue weighted by Crippen LogP contribution is -2.39. The maximum absolute atomic E-state index is 12.9. The third-order valence-corrected chi connectivity index (χ3v) is 4.86. The second-order valence-corrected chi connectivity index (χ2v) is 6.35. The van der Waals surface area contributed by atoms with E-state index in [-0.39, 0.29) is 22.4 Å². The molecule has 0 aromatic heterocycles. The van der Waals surface area contributed by atoms with Gasteiger partial charge in [0, 0.05) is 30.3 Å². The first-order valence-corrected chi connectivity index (χ1v) is 8.25. The van der Waals surface area contributed by atoms with Crippen LogP contribution in [0.5, 0.6) is 0 Å². The van der Waals surface area contributed by atoms with Gasteiger partial charge in [-0.1, -0.05) is 25.7 Å². The Morgan fingerprint density at radius 1 is 1.14 bits per heavy atom. The first-order chi connectivity index (χ1) is 10.7. The van der Waals surface area contributed by atoms with Crippen LogP contribution in [-0.4, -0.2) is 17.4 Å². The minimum Gasteiger partial charge on any atom is -0.312 e. The zero-order chi connectivity index (χ0) is 15.5. The maximum Gasteiger partial charge on any atom is 0.269 e. The molecule has 0 spiro atoms. The number of benzene rings is 1. The molecule has 3 rings (SSSR count). The molecule has 1 aromatic rings. The van der Waals surface area contributed by atoms with Crippen LogP contribution in [0, 0.1) is 16.0 Å². The van der Waals surface area contributed by atoms with Crippen molar-refractivity contribution in [2.45, 2.75) is 51.4 Å². The first kappa shape index (κ1) is 15.0. The van der Waals surface area contributed by atoms with E-state index >= 15 is 0 Å². The van der Waals surface area contributed by atoms with E-state index in [1.165, 1.54) is 18.9 Å². The summed E-state index contributed by atoms with van der Waals surface area (Å²) in [6, 6.07) is 4.89. The molecule has 1 saturated carbocycles. The van der Waals surface area contributed by atoms with Crippen LogP contribution in [0.25, 0.3) is 0 Å². The van der Waals surface area contributed by atoms with Gasteiger partial charge in [-0.05, 0) is 37.3 Å². The quantitative estimate of drug-likeness (QED) is 0.473. The summed E-state index contributed by atoms with van der Waals surface area (Å²) >= 11 is 0. The number of carbonyl (C=O) groups excluding carboxylic acids is 1. The summed E-state index contributed by atoms with van der Waals surface area (Å²) < 4.78 is 0. The largest absolute Gasteiger partial charge is 0.312 e. The van der Waals surface area contributed by atoms with Crippen LogP contribution in [0.2, 0.25) is 0 Å². The lowest BCUT2D eigenvalue weighted by atomic mass is 9.95. The van der Waals surface area contributed by atoms with Crippen LogP contribution in [0.15, 0.2) is 18.2 Å². The van der Waals surface area contributed by atoms with Gasteiger partial charge in [0.2, 0.25) is 5.91 Å². The van der Waals surface area contributed by atoms with Gasteiger partial charge in [-0.15, -0.1) is 0 Å². The number of anilines is 1. The van der Waals surface area contributed by atoms with Gasteiger partial charge in [0.25, 0.3) is 5.69 Å². The molecule has 1 fully saturated rings. The van der Waals surface area contributed by atoms with Crippen molar-refractivity contribution in [2.75, 3.05) is 11.4 Å². The van der Waals surface area contributed by atoms with E-state index in [2.05, 4.69) is 0 Å². The zero-order valence-corrected chi connectivity index (χ0v) is 12.8. The van der Waals surface area contributed by atoms with E-state index in [4.69, 9.17) is 0 Å². The highest BCUT2D eigenvalue weighted by molar-refractivity contribution is 5.96. The van der Waals surface area contributed by atoms with Gasteiger partial charge in [0.05, 0.1) is 4.92 Å². The van der Waals surface area contributed by atoms with Crippen molar-refractivity contribution in [1.29, 1.82) is 0 Å². The molecule has 118 valence electrons. The maximum atomic E-state index is 12.9. The molecule has 5 nitrogen and oxygen atoms in total. The van der Waals surface area contributed by atoms with Gasteiger partial charge >= 0.3 is 0 Å². The van der Waals surface area contributed by atoms with Crippen LogP contribution < -0.4 is 4.90 Å². The molecule has 22 heavy (non-hydrogen) atoms. The predicted molar refractivity (Wildman–Crippen MR) is 85.0 cm³/mol. The Bertz CT molecular complexity index is 577. The number of nitro benzene ring substituents is 1. The number of rotatable bonds is 2. The van der Waals surface area contributed by atoms with Crippen LogP contribution in [0.4, 0.5) is 11.4 Å². The molecule has 2 aliphatic rings. The molecule has 1 aromatic carbocycles. The normalized spacial score (nSPS) is 19.4. The van der Waals surface area contributed by atoms with Crippen molar-refractivity contribution >= 4 is 17.3 Å². The molecule has 5 heteroatoms. The van der Waals surface area contributed by atoms with Gasteiger partial charge < -0.3 is 4.90 Å². The Labute approximate surface area is 130 Å². The standard InChI is InChI=1S/C17H22N2O3/c20-17(13-6-3-1-2-4-7-13)18-11-5-8-14-12-15(19(21)22)9-10-16(14)18/h9-10,12-13H,1-8,11H2. The molecular weight excluding hydrogens is 280 g/mol. The van der Waals surface area contributed by atoms with Crippen molar-refractivity contribution in [3.8, 4) is 0 Å². The minimum absolute atomic E-state index is 0.113. The number of amides is 1. The van der Waals surface area contributed by atoms with Crippen LogP contribution in [0.3, 0.4) is 0 Å². The molecule has 1 aliphatic heterocycles. The van der Waals surface area contributed by atoms with Crippen molar-refractivity contribution in [3.05, 3.63) is 33.9 Å². The van der Waals surface area contributed by atoms with Crippen molar-refractivity contribution in [3.63, 3.8) is 0 Å². The first-order valence-electron chi connectivity index (χ1n) is 8.25. The summed E-state index contributed by atoms with van der Waals surface area (Å²) in [4.78, 5) is 25.3. The number of carbonyl (C=O) groups is 1. The number of non-ortho nitro benzene ring substituents is 1. The third kappa shape index (κ3) is 2.98. The number of aryl methyl sites for hydroxylation is 1. The van der Waals surface area contributed by atoms with Crippen LogP contribution in [-0.2, 0) is 11.2 Å². The van der Waals surface area contributed by atoms with Crippen molar-refractivity contribution in [2.24, 2.45) is 5.92 Å². The van der Waals surface area contributed by atoms with E-state index in [9.17, 15) is 14.9 Å². The fourth-order valence-corrected chi connectivity index (χ4v) is 3.67. The van der Waals surface area contributed by atoms with Crippen LogP contribution in [0.1, 0.15) is 50.5 Å². The van der Waals surface area contributed by atoms with E-state index in [1.807, 2.05) is 4.90 Å². The zero-order valence-electron chi connectivity index (χ0n) is 12.8. The molecular formula is C17H22N2O3. The molecule has 0 saturated heterocycles. The molecule has 0 radical (unpaired) electrons. The number of nitrogens with zero attached hydrogens (tertiary/aromatic N) is 2. The van der Waals surface area contributed by atoms with Gasteiger partial charge in [-0.2, -0.15) is 0 Å². The van der Waals surface area contributed by atoms with Crippen molar-refractivity contribution < 1.29 is 9.72 Å². The van der Waals surface area contributed by atoms with Crippen LogP contribution >= 0.6 is 0 Å². The Kier molecular flexibility index (Phi) is 4.41. The molecule has 1 heterocycles. The fourth-order valence-electron chi connectivity index (χ4n) is 3.67. The summed E-state index contributed by atoms with van der Waals surface area (Å²) in [7, 11) is 0. The molecule has 0 atom stereocenters. The highest BCUT2D eigenvalue weighted by Crippen LogP contribution is 2.33. The second-order valence-electron chi connectivity index (χ2n) is 6.35. The minimum atomic E-state index is -0.369. The Morgan fingerprint density at radius 3 is 2.55 bits per heavy atom. The lowest BCUT2D eigenvalue weighted by molar-refractivity contribution is -0.384. The van der Waals surface area contributed by atoms with Crippen molar-refractivity contribution in [1.82, 2.24) is 0 Å². The smallest absolute Gasteiger partial charge is 0.269 e. The molecule has 0 unspecified atom stereocenters. The van der Waals surface area contributed by atoms with Gasteiger partial charge in [-0.25, -0.2) is 0 Å². The predicted octanol–water partition coefficient (Wildman–Crippen LogP) is 3.84. The SMILES string of the molecule is O=C(C1CCCCCC1)N1CCCc2cc([N+](=O)[O-])ccc21. The lowest BCUT2D eigenvalue weighted by Gasteiger charge is -2.32. The topological polar surface area (TPSA) is 63.5 Å². The highest BCUT2D eigenvalue weighted by atomic mass is 16.6. The average molecular weight is 302 g/mol. The summed E-state index contributed by atoms with van der Waals surface area (Å²) in [6.45, 7) is 0.736. The van der Waals surface area contributed by atoms with E-state index < -0.39 is 0 Å². The summed E-state index contributed by atoms with van der Waals surface area (Å²) in [6.07, 6.45) is 8.39. The van der Waals surface area contributed by atoms with Gasteiger partial charge in [-0.3, -0.25) is 14.9 Å². The molecule has 1 amide bonds. The number of fused-ring (bicyclic) bond motifs is 1. The number of nitro groups is 1. The third-order valence-electron chi connectivity index (χ3n) is 4.86. The Morgan fingerprint density at radius 2 is 1.86 bits per heavy atom. The summed E-state index contributed by atoms with van der Waals surface area (Å²) in [5.74, 6) is 0.348. The molecule has 1 aliphatic carbocycles. The van der Waals surface area contributed by atoms with E-state index in [0.29, 0.717) is 0 Å². The Balaban J connectivity index is 1.84. The fraction of sp³-hybridized carbons (Fsp3) is 0.588. The van der Waals surface area contributed by atoms with Gasteiger partial charge in [0.15, 0.2) is 0 Å². The Hall–Kier alpha value is -1.91. The van der Waals surface area contributed by atoms with E-state index in [0.717, 1.165) is 56.3 Å². The summed E-state index contributed by atoms with van der Waals surface area (Å²) in [5, 5.41) is 10.9. The molecule has 0 N–H and O–H groups in total. The van der Waals surface area contributed by atoms with E-state index in [1.54, 1.807) is 12.1 Å². The number of hydrogen-bond donors (Lipinski definition) is 0. The number of hydrogen-bond acceptors (Lipinski definition) is 3. The van der Waals surface area contributed by atoms with Gasteiger partial charge in [0.1, 0.15) is 0 Å².